The van der Waals surface area contributed by atoms with E-state index in [4.69, 9.17) is 0 Å². The van der Waals surface area contributed by atoms with Crippen molar-refractivity contribution in [3.63, 3.8) is 0 Å². The summed E-state index contributed by atoms with van der Waals surface area (Å²) in [6.45, 7) is 1.60. The molecule has 0 aliphatic heterocycles. The number of fused-ring (bicyclic) bond motifs is 1. The highest BCUT2D eigenvalue weighted by Crippen LogP contribution is 2.21. The van der Waals surface area contributed by atoms with Crippen molar-refractivity contribution in [1.82, 2.24) is 10.2 Å². The van der Waals surface area contributed by atoms with Gasteiger partial charge in [-0.15, -0.1) is 0 Å². The molecule has 6 heteroatoms. The minimum atomic E-state index is -3.23. The Morgan fingerprint density at radius 2 is 2.27 bits per heavy atom. The fourth-order valence-corrected chi connectivity index (χ4v) is 1.95. The van der Waals surface area contributed by atoms with Crippen molar-refractivity contribution >= 4 is 26.6 Å². The second-order valence-electron chi connectivity index (χ2n) is 3.14. The number of benzene rings is 1. The molecule has 2 aromatic rings. The van der Waals surface area contributed by atoms with E-state index < -0.39 is 10.0 Å². The fraction of sp³-hybridized carbons (Fsp3) is 0.222. The van der Waals surface area contributed by atoms with Crippen molar-refractivity contribution in [2.75, 3.05) is 10.5 Å². The predicted octanol–water partition coefficient (Wildman–Crippen LogP) is 1.32. The molecule has 0 aliphatic carbocycles. The summed E-state index contributed by atoms with van der Waals surface area (Å²) in [5.74, 6) is 0.0568. The predicted molar refractivity (Wildman–Crippen MR) is 59.2 cm³/mol. The third-order valence-electron chi connectivity index (χ3n) is 2.13. The highest BCUT2D eigenvalue weighted by atomic mass is 32.2. The molecule has 0 saturated heterocycles. The van der Waals surface area contributed by atoms with E-state index in [0.29, 0.717) is 5.69 Å². The van der Waals surface area contributed by atoms with Crippen molar-refractivity contribution in [3.8, 4) is 0 Å². The first-order valence-electron chi connectivity index (χ1n) is 4.55. The SMILES string of the molecule is CCS(=O)(=O)Nc1cccc2[nH]ncc12. The molecule has 80 valence electrons. The summed E-state index contributed by atoms with van der Waals surface area (Å²) in [6.07, 6.45) is 1.60. The molecule has 2 N–H and O–H groups in total. The van der Waals surface area contributed by atoms with Gasteiger partial charge in [0, 0.05) is 5.39 Å². The first-order valence-corrected chi connectivity index (χ1v) is 6.20. The zero-order chi connectivity index (χ0) is 10.9. The summed E-state index contributed by atoms with van der Waals surface area (Å²) >= 11 is 0. The molecule has 15 heavy (non-hydrogen) atoms. The second-order valence-corrected chi connectivity index (χ2v) is 5.15. The number of rotatable bonds is 3. The van der Waals surface area contributed by atoms with Crippen LogP contribution in [0.1, 0.15) is 6.92 Å². The molecule has 0 aliphatic rings. The molecule has 0 amide bonds. The maximum Gasteiger partial charge on any atom is 0.232 e. The van der Waals surface area contributed by atoms with Gasteiger partial charge in [0.2, 0.25) is 10.0 Å². The Balaban J connectivity index is 2.48. The third-order valence-corrected chi connectivity index (χ3v) is 3.42. The first kappa shape index (κ1) is 9.97. The van der Waals surface area contributed by atoms with E-state index in [9.17, 15) is 8.42 Å². The van der Waals surface area contributed by atoms with Gasteiger partial charge in [-0.1, -0.05) is 6.07 Å². The standard InChI is InChI=1S/C9H11N3O2S/c1-2-15(13,14)12-9-5-3-4-8-7(9)6-10-11-8/h3-6,12H,2H2,1H3,(H,10,11). The lowest BCUT2D eigenvalue weighted by molar-refractivity contribution is 0.602. The molecule has 0 bridgehead atoms. The maximum absolute atomic E-state index is 11.4. The quantitative estimate of drug-likeness (QED) is 0.827. The summed E-state index contributed by atoms with van der Waals surface area (Å²) in [5.41, 5.74) is 1.37. The zero-order valence-corrected chi connectivity index (χ0v) is 9.00. The van der Waals surface area contributed by atoms with Crippen LogP contribution in [0.4, 0.5) is 5.69 Å². The lowest BCUT2D eigenvalue weighted by atomic mass is 10.2. The number of aromatic nitrogens is 2. The Morgan fingerprint density at radius 3 is 3.00 bits per heavy atom. The van der Waals surface area contributed by atoms with E-state index in [1.807, 2.05) is 6.07 Å². The van der Waals surface area contributed by atoms with Gasteiger partial charge in [-0.3, -0.25) is 9.82 Å². The molecule has 0 fully saturated rings. The molecule has 1 heterocycles. The van der Waals surface area contributed by atoms with Gasteiger partial charge in [-0.2, -0.15) is 5.10 Å². The number of sulfonamides is 1. The smallest absolute Gasteiger partial charge is 0.232 e. The topological polar surface area (TPSA) is 74.8 Å². The minimum Gasteiger partial charge on any atom is -0.283 e. The van der Waals surface area contributed by atoms with Crippen LogP contribution in [0, 0.1) is 0 Å². The van der Waals surface area contributed by atoms with E-state index in [-0.39, 0.29) is 5.75 Å². The number of nitrogens with zero attached hydrogens (tertiary/aromatic N) is 1. The maximum atomic E-state index is 11.4. The van der Waals surface area contributed by atoms with Crippen molar-refractivity contribution < 1.29 is 8.42 Å². The Hall–Kier alpha value is -1.56. The molecular weight excluding hydrogens is 214 g/mol. The van der Waals surface area contributed by atoms with E-state index in [0.717, 1.165) is 10.9 Å². The van der Waals surface area contributed by atoms with Crippen molar-refractivity contribution in [1.29, 1.82) is 0 Å². The van der Waals surface area contributed by atoms with Crippen LogP contribution in [0.2, 0.25) is 0 Å². The van der Waals surface area contributed by atoms with E-state index in [2.05, 4.69) is 14.9 Å². The number of hydrogen-bond acceptors (Lipinski definition) is 3. The molecule has 0 spiro atoms. The van der Waals surface area contributed by atoms with Gasteiger partial charge in [0.1, 0.15) is 0 Å². The van der Waals surface area contributed by atoms with E-state index in [1.54, 1.807) is 25.3 Å². The fourth-order valence-electron chi connectivity index (χ4n) is 1.30. The lowest BCUT2D eigenvalue weighted by Crippen LogP contribution is -2.14. The Labute approximate surface area is 87.6 Å². The Kier molecular flexibility index (Phi) is 2.36. The van der Waals surface area contributed by atoms with Gasteiger partial charge >= 0.3 is 0 Å². The zero-order valence-electron chi connectivity index (χ0n) is 8.19. The van der Waals surface area contributed by atoms with E-state index in [1.165, 1.54) is 0 Å². The van der Waals surface area contributed by atoms with Crippen LogP contribution in [-0.2, 0) is 10.0 Å². The molecule has 0 radical (unpaired) electrons. The van der Waals surface area contributed by atoms with Crippen LogP contribution in [0.25, 0.3) is 10.9 Å². The van der Waals surface area contributed by atoms with Crippen LogP contribution < -0.4 is 4.72 Å². The summed E-state index contributed by atoms with van der Waals surface area (Å²) < 4.78 is 25.3. The monoisotopic (exact) mass is 225 g/mol. The van der Waals surface area contributed by atoms with Gasteiger partial charge in [0.05, 0.1) is 23.2 Å². The van der Waals surface area contributed by atoms with Gasteiger partial charge in [-0.25, -0.2) is 8.42 Å². The van der Waals surface area contributed by atoms with Gasteiger partial charge in [0.15, 0.2) is 0 Å². The number of hydrogen-bond donors (Lipinski definition) is 2. The molecule has 2 rings (SSSR count). The van der Waals surface area contributed by atoms with Crippen molar-refractivity contribution in [2.24, 2.45) is 0 Å². The molecule has 0 unspecified atom stereocenters. The number of anilines is 1. The van der Waals surface area contributed by atoms with Crippen molar-refractivity contribution in [2.45, 2.75) is 6.92 Å². The number of nitrogens with one attached hydrogen (secondary N) is 2. The third kappa shape index (κ3) is 1.94. The normalized spacial score (nSPS) is 11.8. The van der Waals surface area contributed by atoms with Crippen LogP contribution in [0.5, 0.6) is 0 Å². The Bertz CT molecular complexity index is 574. The highest BCUT2D eigenvalue weighted by Gasteiger charge is 2.09. The van der Waals surface area contributed by atoms with E-state index >= 15 is 0 Å². The highest BCUT2D eigenvalue weighted by molar-refractivity contribution is 7.92. The minimum absolute atomic E-state index is 0.0568. The number of H-pyrrole nitrogens is 1. The average molecular weight is 225 g/mol. The van der Waals surface area contributed by atoms with Crippen LogP contribution in [0.15, 0.2) is 24.4 Å². The Morgan fingerprint density at radius 1 is 1.47 bits per heavy atom. The molecule has 1 aromatic heterocycles. The van der Waals surface area contributed by atoms with Crippen molar-refractivity contribution in [3.05, 3.63) is 24.4 Å². The van der Waals surface area contributed by atoms with Gasteiger partial charge in [-0.05, 0) is 19.1 Å². The van der Waals surface area contributed by atoms with Crippen LogP contribution >= 0.6 is 0 Å². The average Bonchev–Trinajstić information content (AvgIpc) is 2.66. The lowest BCUT2D eigenvalue weighted by Gasteiger charge is -2.06. The largest absolute Gasteiger partial charge is 0.283 e. The van der Waals surface area contributed by atoms with Crippen LogP contribution in [0.3, 0.4) is 0 Å². The molecule has 1 aromatic carbocycles. The summed E-state index contributed by atoms with van der Waals surface area (Å²) in [6, 6.07) is 5.32. The summed E-state index contributed by atoms with van der Waals surface area (Å²) in [4.78, 5) is 0. The summed E-state index contributed by atoms with van der Waals surface area (Å²) in [7, 11) is -3.23. The summed E-state index contributed by atoms with van der Waals surface area (Å²) in [5, 5.41) is 7.41. The first-order chi connectivity index (χ1) is 7.12. The molecule has 0 atom stereocenters. The second kappa shape index (κ2) is 3.54. The van der Waals surface area contributed by atoms with Crippen LogP contribution in [-0.4, -0.2) is 24.4 Å². The molecule has 0 saturated carbocycles. The number of aromatic amines is 1. The van der Waals surface area contributed by atoms with Gasteiger partial charge < -0.3 is 0 Å². The molecular formula is C9H11N3O2S. The van der Waals surface area contributed by atoms with Gasteiger partial charge in [0.25, 0.3) is 0 Å². The molecule has 5 nitrogen and oxygen atoms in total.